The zero-order valence-corrected chi connectivity index (χ0v) is 8.98. The van der Waals surface area contributed by atoms with Crippen molar-refractivity contribution in [2.24, 2.45) is 11.7 Å². The number of rotatable bonds is 6. The van der Waals surface area contributed by atoms with Crippen LogP contribution in [-0.2, 0) is 4.79 Å². The van der Waals surface area contributed by atoms with Crippen molar-refractivity contribution in [3.63, 3.8) is 0 Å². The Balaban J connectivity index is 2.48. The monoisotopic (exact) mass is 206 g/mol. The van der Waals surface area contributed by atoms with Crippen LogP contribution in [0.4, 0.5) is 0 Å². The number of nitrogens with zero attached hydrogens (tertiary/aromatic N) is 1. The van der Waals surface area contributed by atoms with Crippen molar-refractivity contribution in [1.29, 1.82) is 0 Å². The zero-order chi connectivity index (χ0) is 11.3. The van der Waals surface area contributed by atoms with E-state index in [0.717, 1.165) is 6.54 Å². The third kappa shape index (κ3) is 3.77. The molecule has 82 valence electrons. The Labute approximate surface area is 91.3 Å². The third-order valence-corrected chi connectivity index (χ3v) is 2.51. The molecule has 0 spiro atoms. The molecule has 1 unspecified atom stereocenters. The molecule has 1 saturated carbocycles. The molecule has 1 aliphatic carbocycles. The first-order valence-corrected chi connectivity index (χ1v) is 5.27. The van der Waals surface area contributed by atoms with Crippen LogP contribution >= 0.6 is 0 Å². The lowest BCUT2D eigenvalue weighted by Gasteiger charge is -2.23. The second kappa shape index (κ2) is 5.57. The summed E-state index contributed by atoms with van der Waals surface area (Å²) in [7, 11) is 0. The molecule has 1 fully saturated rings. The Morgan fingerprint density at radius 1 is 1.73 bits per heavy atom. The van der Waals surface area contributed by atoms with E-state index in [1.807, 2.05) is 0 Å². The van der Waals surface area contributed by atoms with Gasteiger partial charge in [-0.05, 0) is 25.2 Å². The highest BCUT2D eigenvalue weighted by molar-refractivity contribution is 5.82. The van der Waals surface area contributed by atoms with E-state index in [-0.39, 0.29) is 5.91 Å². The lowest BCUT2D eigenvalue weighted by atomic mass is 10.2. The van der Waals surface area contributed by atoms with Crippen molar-refractivity contribution in [2.75, 3.05) is 13.1 Å². The fourth-order valence-corrected chi connectivity index (χ4v) is 1.47. The van der Waals surface area contributed by atoms with Crippen LogP contribution in [0.3, 0.4) is 0 Å². The molecule has 3 nitrogen and oxygen atoms in total. The smallest absolute Gasteiger partial charge is 0.240 e. The molecular weight excluding hydrogens is 188 g/mol. The quantitative estimate of drug-likeness (QED) is 0.515. The standard InChI is InChI=1S/C12H18N2O/c1-3-5-11(13)12(15)14(8-4-2)9-10-6-7-10/h2-3,10-11H,1,5-9,13H2. The summed E-state index contributed by atoms with van der Waals surface area (Å²) in [6, 6.07) is -0.491. The molecule has 15 heavy (non-hydrogen) atoms. The number of hydrogen-bond acceptors (Lipinski definition) is 2. The van der Waals surface area contributed by atoms with E-state index < -0.39 is 6.04 Å². The van der Waals surface area contributed by atoms with E-state index in [1.165, 1.54) is 12.8 Å². The topological polar surface area (TPSA) is 46.3 Å². The highest BCUT2D eigenvalue weighted by Gasteiger charge is 2.28. The normalized spacial score (nSPS) is 16.5. The van der Waals surface area contributed by atoms with Crippen molar-refractivity contribution in [3.8, 4) is 12.3 Å². The van der Waals surface area contributed by atoms with E-state index in [4.69, 9.17) is 12.2 Å². The second-order valence-corrected chi connectivity index (χ2v) is 4.00. The molecule has 1 aliphatic rings. The lowest BCUT2D eigenvalue weighted by molar-refractivity contribution is -0.132. The molecule has 0 aromatic rings. The summed E-state index contributed by atoms with van der Waals surface area (Å²) < 4.78 is 0. The minimum atomic E-state index is -0.491. The molecule has 1 amide bonds. The van der Waals surface area contributed by atoms with Crippen LogP contribution in [0.25, 0.3) is 0 Å². The fraction of sp³-hybridized carbons (Fsp3) is 0.583. The van der Waals surface area contributed by atoms with Gasteiger partial charge in [0.15, 0.2) is 0 Å². The third-order valence-electron chi connectivity index (χ3n) is 2.51. The van der Waals surface area contributed by atoms with Crippen LogP contribution in [0.5, 0.6) is 0 Å². The van der Waals surface area contributed by atoms with Gasteiger partial charge in [0.05, 0.1) is 12.6 Å². The summed E-state index contributed by atoms with van der Waals surface area (Å²) in [5.74, 6) is 3.08. The summed E-state index contributed by atoms with van der Waals surface area (Å²) in [4.78, 5) is 13.5. The molecule has 0 saturated heterocycles. The first-order valence-electron chi connectivity index (χ1n) is 5.27. The molecule has 2 N–H and O–H groups in total. The van der Waals surface area contributed by atoms with E-state index in [1.54, 1.807) is 11.0 Å². The van der Waals surface area contributed by atoms with E-state index >= 15 is 0 Å². The number of amides is 1. The predicted octanol–water partition coefficient (Wildman–Crippen LogP) is 0.762. The molecule has 0 radical (unpaired) electrons. The van der Waals surface area contributed by atoms with E-state index in [0.29, 0.717) is 18.9 Å². The summed E-state index contributed by atoms with van der Waals surface area (Å²) in [5, 5.41) is 0. The number of carbonyl (C=O) groups is 1. The Morgan fingerprint density at radius 2 is 2.40 bits per heavy atom. The molecule has 0 aromatic carbocycles. The Morgan fingerprint density at radius 3 is 2.87 bits per heavy atom. The van der Waals surface area contributed by atoms with E-state index in [2.05, 4.69) is 12.5 Å². The Kier molecular flexibility index (Phi) is 4.38. The van der Waals surface area contributed by atoms with Gasteiger partial charge in [0, 0.05) is 6.54 Å². The van der Waals surface area contributed by atoms with Crippen LogP contribution in [0, 0.1) is 18.3 Å². The van der Waals surface area contributed by atoms with E-state index in [9.17, 15) is 4.79 Å². The number of terminal acetylenes is 1. The highest BCUT2D eigenvalue weighted by Crippen LogP contribution is 2.29. The largest absolute Gasteiger partial charge is 0.330 e. The highest BCUT2D eigenvalue weighted by atomic mass is 16.2. The number of hydrogen-bond donors (Lipinski definition) is 1. The van der Waals surface area contributed by atoms with Gasteiger partial charge in [-0.25, -0.2) is 0 Å². The van der Waals surface area contributed by atoms with Gasteiger partial charge in [0.1, 0.15) is 0 Å². The van der Waals surface area contributed by atoms with Crippen LogP contribution in [0.1, 0.15) is 19.3 Å². The summed E-state index contributed by atoms with van der Waals surface area (Å²) in [6.45, 7) is 4.69. The average molecular weight is 206 g/mol. The Bertz CT molecular complexity index is 276. The summed E-state index contributed by atoms with van der Waals surface area (Å²) in [5.41, 5.74) is 5.72. The van der Waals surface area contributed by atoms with Gasteiger partial charge in [0.2, 0.25) is 5.91 Å². The maximum Gasteiger partial charge on any atom is 0.240 e. The van der Waals surface area contributed by atoms with Crippen LogP contribution < -0.4 is 5.73 Å². The fourth-order valence-electron chi connectivity index (χ4n) is 1.47. The first-order chi connectivity index (χ1) is 7.19. The van der Waals surface area contributed by atoms with Crippen LogP contribution in [-0.4, -0.2) is 29.9 Å². The Hall–Kier alpha value is -1.27. The summed E-state index contributed by atoms with van der Waals surface area (Å²) >= 11 is 0. The van der Waals surface area contributed by atoms with Crippen molar-refractivity contribution in [2.45, 2.75) is 25.3 Å². The van der Waals surface area contributed by atoms with Gasteiger partial charge < -0.3 is 10.6 Å². The van der Waals surface area contributed by atoms with Crippen molar-refractivity contribution >= 4 is 5.91 Å². The van der Waals surface area contributed by atoms with Gasteiger partial charge in [-0.15, -0.1) is 13.0 Å². The van der Waals surface area contributed by atoms with Gasteiger partial charge >= 0.3 is 0 Å². The molecule has 3 heteroatoms. The molecule has 1 atom stereocenters. The first kappa shape index (κ1) is 11.8. The van der Waals surface area contributed by atoms with Gasteiger partial charge in [-0.1, -0.05) is 12.0 Å². The van der Waals surface area contributed by atoms with Crippen molar-refractivity contribution in [3.05, 3.63) is 12.7 Å². The maximum absolute atomic E-state index is 11.8. The lowest BCUT2D eigenvalue weighted by Crippen LogP contribution is -2.44. The van der Waals surface area contributed by atoms with Gasteiger partial charge in [-0.3, -0.25) is 4.79 Å². The SMILES string of the molecule is C#CCN(CC1CC1)C(=O)C(N)CC=C. The maximum atomic E-state index is 11.8. The van der Waals surface area contributed by atoms with Crippen LogP contribution in [0.15, 0.2) is 12.7 Å². The molecule has 0 bridgehead atoms. The number of carbonyl (C=O) groups excluding carboxylic acids is 1. The molecule has 0 heterocycles. The number of nitrogens with two attached hydrogens (primary N) is 1. The second-order valence-electron chi connectivity index (χ2n) is 4.00. The van der Waals surface area contributed by atoms with Crippen molar-refractivity contribution in [1.82, 2.24) is 4.90 Å². The minimum absolute atomic E-state index is 0.0558. The summed E-state index contributed by atoms with van der Waals surface area (Å²) in [6.07, 6.45) is 9.80. The molecule has 1 rings (SSSR count). The predicted molar refractivity (Wildman–Crippen MR) is 60.9 cm³/mol. The average Bonchev–Trinajstić information content (AvgIpc) is 3.00. The van der Waals surface area contributed by atoms with Gasteiger partial charge in [0.25, 0.3) is 0 Å². The molecule has 0 aliphatic heterocycles. The molecular formula is C12H18N2O. The van der Waals surface area contributed by atoms with Crippen molar-refractivity contribution < 1.29 is 4.79 Å². The van der Waals surface area contributed by atoms with Gasteiger partial charge in [-0.2, -0.15) is 0 Å². The zero-order valence-electron chi connectivity index (χ0n) is 8.98. The molecule has 0 aromatic heterocycles. The minimum Gasteiger partial charge on any atom is -0.330 e. The van der Waals surface area contributed by atoms with Crippen LogP contribution in [0.2, 0.25) is 0 Å².